The van der Waals surface area contributed by atoms with Crippen molar-refractivity contribution in [2.45, 2.75) is 6.61 Å². The highest BCUT2D eigenvalue weighted by Gasteiger charge is 2.20. The van der Waals surface area contributed by atoms with Gasteiger partial charge in [-0.25, -0.2) is 0 Å². The molecule has 94 valence electrons. The van der Waals surface area contributed by atoms with Gasteiger partial charge >= 0.3 is 5.69 Å². The molecule has 18 heavy (non-hydrogen) atoms. The van der Waals surface area contributed by atoms with Crippen LogP contribution in [0.5, 0.6) is 5.75 Å². The van der Waals surface area contributed by atoms with Crippen molar-refractivity contribution in [2.75, 3.05) is 5.43 Å². The molecule has 0 unspecified atom stereocenters. The number of rotatable bonds is 5. The molecule has 0 aliphatic rings. The number of hydrazine groups is 1. The summed E-state index contributed by atoms with van der Waals surface area (Å²) in [5, 5.41) is 12.9. The molecule has 2 aromatic rings. The Morgan fingerprint density at radius 3 is 2.83 bits per heavy atom. The molecule has 2 rings (SSSR count). The Balaban J connectivity index is 2.24. The standard InChI is InChI=1S/C11H11N3O3S/c12-13-9-4-1-5-10(11(9)14(15)16)17-7-8-3-2-6-18-8/h1-6,13H,7,12H2. The molecule has 3 N–H and O–H groups in total. The van der Waals surface area contributed by atoms with Gasteiger partial charge in [-0.1, -0.05) is 12.1 Å². The van der Waals surface area contributed by atoms with Gasteiger partial charge in [-0.15, -0.1) is 11.3 Å². The van der Waals surface area contributed by atoms with Gasteiger partial charge in [0.15, 0.2) is 5.75 Å². The van der Waals surface area contributed by atoms with Crippen LogP contribution in [0.1, 0.15) is 4.88 Å². The zero-order valence-electron chi connectivity index (χ0n) is 9.33. The van der Waals surface area contributed by atoms with E-state index in [2.05, 4.69) is 5.43 Å². The Hall–Kier alpha value is -2.12. The number of hydrogen-bond donors (Lipinski definition) is 2. The molecular weight excluding hydrogens is 254 g/mol. The molecule has 0 saturated carbocycles. The fraction of sp³-hybridized carbons (Fsp3) is 0.0909. The molecule has 0 fully saturated rings. The number of nitrogens with zero attached hydrogens (tertiary/aromatic N) is 1. The van der Waals surface area contributed by atoms with E-state index in [0.717, 1.165) is 4.88 Å². The van der Waals surface area contributed by atoms with Crippen molar-refractivity contribution in [3.8, 4) is 5.75 Å². The van der Waals surface area contributed by atoms with Gasteiger partial charge in [0.25, 0.3) is 0 Å². The third-order valence-electron chi connectivity index (χ3n) is 2.29. The molecule has 0 amide bonds. The number of nitro groups is 1. The van der Waals surface area contributed by atoms with Crippen LogP contribution in [-0.2, 0) is 6.61 Å². The van der Waals surface area contributed by atoms with E-state index in [1.54, 1.807) is 12.1 Å². The Bertz CT molecular complexity index is 542. The summed E-state index contributed by atoms with van der Waals surface area (Å²) >= 11 is 1.53. The topological polar surface area (TPSA) is 90.4 Å². The number of ether oxygens (including phenoxy) is 1. The van der Waals surface area contributed by atoms with Crippen molar-refractivity contribution in [1.82, 2.24) is 0 Å². The summed E-state index contributed by atoms with van der Waals surface area (Å²) in [5.74, 6) is 5.44. The van der Waals surface area contributed by atoms with E-state index in [1.807, 2.05) is 17.5 Å². The lowest BCUT2D eigenvalue weighted by atomic mass is 10.2. The highest BCUT2D eigenvalue weighted by molar-refractivity contribution is 7.09. The monoisotopic (exact) mass is 265 g/mol. The first-order valence-electron chi connectivity index (χ1n) is 5.11. The van der Waals surface area contributed by atoms with E-state index >= 15 is 0 Å². The van der Waals surface area contributed by atoms with E-state index in [-0.39, 0.29) is 17.1 Å². The number of nitrogen functional groups attached to an aromatic ring is 1. The third-order valence-corrected chi connectivity index (χ3v) is 3.14. The molecule has 0 spiro atoms. The summed E-state index contributed by atoms with van der Waals surface area (Å²) in [5.41, 5.74) is 2.36. The predicted molar refractivity (Wildman–Crippen MR) is 69.6 cm³/mol. The molecule has 0 saturated heterocycles. The number of thiophene rings is 1. The largest absolute Gasteiger partial charge is 0.481 e. The molecule has 0 aliphatic carbocycles. The SMILES string of the molecule is NNc1cccc(OCc2cccs2)c1[N+](=O)[O-]. The highest BCUT2D eigenvalue weighted by Crippen LogP contribution is 2.34. The van der Waals surface area contributed by atoms with Crippen LogP contribution >= 0.6 is 11.3 Å². The predicted octanol–water partition coefficient (Wildman–Crippen LogP) is 2.52. The lowest BCUT2D eigenvalue weighted by molar-refractivity contribution is -0.385. The van der Waals surface area contributed by atoms with Gasteiger partial charge in [0.2, 0.25) is 0 Å². The van der Waals surface area contributed by atoms with Gasteiger partial charge in [-0.3, -0.25) is 16.0 Å². The molecule has 0 atom stereocenters. The summed E-state index contributed by atoms with van der Waals surface area (Å²) in [7, 11) is 0. The Morgan fingerprint density at radius 2 is 2.22 bits per heavy atom. The van der Waals surface area contributed by atoms with Crippen LogP contribution in [0, 0.1) is 10.1 Å². The Labute approximate surface area is 107 Å². The zero-order chi connectivity index (χ0) is 13.0. The van der Waals surface area contributed by atoms with Crippen LogP contribution < -0.4 is 16.0 Å². The average Bonchev–Trinajstić information content (AvgIpc) is 2.88. The van der Waals surface area contributed by atoms with E-state index in [1.165, 1.54) is 17.4 Å². The molecule has 1 heterocycles. The minimum absolute atomic E-state index is 0.156. The van der Waals surface area contributed by atoms with Crippen molar-refractivity contribution < 1.29 is 9.66 Å². The highest BCUT2D eigenvalue weighted by atomic mass is 32.1. The second-order valence-electron chi connectivity index (χ2n) is 3.42. The van der Waals surface area contributed by atoms with Crippen molar-refractivity contribution in [1.29, 1.82) is 0 Å². The van der Waals surface area contributed by atoms with E-state index < -0.39 is 4.92 Å². The Kier molecular flexibility index (Phi) is 3.75. The number of nitrogens with two attached hydrogens (primary N) is 1. The maximum atomic E-state index is 11.0. The molecular formula is C11H11N3O3S. The average molecular weight is 265 g/mol. The van der Waals surface area contributed by atoms with Crippen LogP contribution in [0.3, 0.4) is 0 Å². The van der Waals surface area contributed by atoms with Gasteiger partial charge in [0.1, 0.15) is 12.3 Å². The summed E-state index contributed by atoms with van der Waals surface area (Å²) in [6.45, 7) is 0.298. The Morgan fingerprint density at radius 1 is 1.39 bits per heavy atom. The normalized spacial score (nSPS) is 10.1. The van der Waals surface area contributed by atoms with Crippen molar-refractivity contribution in [3.63, 3.8) is 0 Å². The molecule has 0 bridgehead atoms. The van der Waals surface area contributed by atoms with Crippen LogP contribution in [0.2, 0.25) is 0 Å². The zero-order valence-corrected chi connectivity index (χ0v) is 10.1. The van der Waals surface area contributed by atoms with Gasteiger partial charge in [0.05, 0.1) is 4.92 Å². The number of anilines is 1. The fourth-order valence-corrected chi connectivity index (χ4v) is 2.10. The second-order valence-corrected chi connectivity index (χ2v) is 4.45. The maximum Gasteiger partial charge on any atom is 0.335 e. The second kappa shape index (κ2) is 5.48. The molecule has 1 aromatic carbocycles. The summed E-state index contributed by atoms with van der Waals surface area (Å²) in [4.78, 5) is 11.5. The third kappa shape index (κ3) is 2.58. The van der Waals surface area contributed by atoms with Crippen molar-refractivity contribution in [3.05, 3.63) is 50.7 Å². The number of para-hydroxylation sites is 1. The molecule has 0 radical (unpaired) electrons. The number of benzene rings is 1. The van der Waals surface area contributed by atoms with Gasteiger partial charge in [0, 0.05) is 4.88 Å². The van der Waals surface area contributed by atoms with Gasteiger partial charge in [-0.05, 0) is 23.6 Å². The maximum absolute atomic E-state index is 11.0. The van der Waals surface area contributed by atoms with E-state index in [9.17, 15) is 10.1 Å². The van der Waals surface area contributed by atoms with E-state index in [4.69, 9.17) is 10.6 Å². The number of nitrogens with one attached hydrogen (secondary N) is 1. The summed E-state index contributed by atoms with van der Waals surface area (Å²) in [6.07, 6.45) is 0. The van der Waals surface area contributed by atoms with Gasteiger partial charge < -0.3 is 10.2 Å². The van der Waals surface area contributed by atoms with Crippen LogP contribution in [0.4, 0.5) is 11.4 Å². The fourth-order valence-electron chi connectivity index (χ4n) is 1.49. The number of nitro benzene ring substituents is 1. The first kappa shape index (κ1) is 12.3. The minimum Gasteiger partial charge on any atom is -0.481 e. The first-order valence-corrected chi connectivity index (χ1v) is 5.99. The van der Waals surface area contributed by atoms with E-state index in [0.29, 0.717) is 6.61 Å². The number of hydrogen-bond acceptors (Lipinski definition) is 6. The summed E-state index contributed by atoms with van der Waals surface area (Å²) in [6, 6.07) is 8.52. The van der Waals surface area contributed by atoms with Crippen LogP contribution in [0.15, 0.2) is 35.7 Å². The lowest BCUT2D eigenvalue weighted by Gasteiger charge is -2.08. The lowest BCUT2D eigenvalue weighted by Crippen LogP contribution is -2.10. The van der Waals surface area contributed by atoms with Crippen molar-refractivity contribution >= 4 is 22.7 Å². The molecule has 7 heteroatoms. The van der Waals surface area contributed by atoms with Gasteiger partial charge in [-0.2, -0.15) is 0 Å². The molecule has 0 aliphatic heterocycles. The summed E-state index contributed by atoms with van der Waals surface area (Å²) < 4.78 is 5.46. The first-order chi connectivity index (χ1) is 8.72. The van der Waals surface area contributed by atoms with Crippen LogP contribution in [-0.4, -0.2) is 4.92 Å². The van der Waals surface area contributed by atoms with Crippen LogP contribution in [0.25, 0.3) is 0 Å². The quantitative estimate of drug-likeness (QED) is 0.492. The van der Waals surface area contributed by atoms with Crippen molar-refractivity contribution in [2.24, 2.45) is 5.84 Å². The smallest absolute Gasteiger partial charge is 0.335 e. The molecule has 6 nitrogen and oxygen atoms in total. The minimum atomic E-state index is -0.515. The molecule has 1 aromatic heterocycles.